The van der Waals surface area contributed by atoms with E-state index in [1.165, 1.54) is 24.3 Å². The van der Waals surface area contributed by atoms with E-state index in [0.717, 1.165) is 0 Å². The maximum absolute atomic E-state index is 12.6. The summed E-state index contributed by atoms with van der Waals surface area (Å²) in [5, 5.41) is 50.2. The third kappa shape index (κ3) is 5.52. The van der Waals surface area contributed by atoms with E-state index in [-0.39, 0.29) is 5.82 Å². The van der Waals surface area contributed by atoms with Crippen LogP contribution in [0.5, 0.6) is 0 Å². The molecule has 0 spiro atoms. The molecule has 5 rings (SSSR count). The highest BCUT2D eigenvalue weighted by Gasteiger charge is 2.73. The van der Waals surface area contributed by atoms with Gasteiger partial charge in [0.25, 0.3) is 0 Å². The average Bonchev–Trinajstić information content (AvgIpc) is 3.50. The molecule has 13 atom stereocenters. The number of rotatable bonds is 11. The van der Waals surface area contributed by atoms with Gasteiger partial charge >= 0.3 is 14.5 Å². The van der Waals surface area contributed by atoms with E-state index in [1.54, 1.807) is 0 Å². The van der Waals surface area contributed by atoms with Crippen LogP contribution in [0.3, 0.4) is 0 Å². The van der Waals surface area contributed by atoms with Gasteiger partial charge in [0.05, 0.1) is 55.7 Å². The highest BCUT2D eigenvalue weighted by atomic mass is 32.5. The number of aliphatic hydroxyl groups excluding tert-OH is 4. The molecule has 3 aliphatic rings. The Morgan fingerprint density at radius 3 is 2.64 bits per heavy atom. The number of aliphatic hydroxyl groups is 5. The van der Waals surface area contributed by atoms with Gasteiger partial charge in [-0.05, 0) is 11.8 Å². The van der Waals surface area contributed by atoms with Crippen molar-refractivity contribution in [2.45, 2.75) is 54.9 Å². The van der Waals surface area contributed by atoms with Gasteiger partial charge in [-0.15, -0.1) is 0 Å². The van der Waals surface area contributed by atoms with Crippen molar-refractivity contribution < 1.29 is 67.5 Å². The molecule has 4 heterocycles. The first-order valence-electron chi connectivity index (χ1n) is 12.3. The van der Waals surface area contributed by atoms with E-state index >= 15 is 0 Å². The number of phosphoric ester groups is 1. The third-order valence-electron chi connectivity index (χ3n) is 7.41. The van der Waals surface area contributed by atoms with E-state index in [1.807, 2.05) is 0 Å². The molecule has 1 saturated carbocycles. The lowest BCUT2D eigenvalue weighted by Gasteiger charge is -2.49. The SMILES string of the molecule is CO[C@H]1[C@@H](N)[C@H](n2cnc3c(N)ncnc32)O[C@@H]1COP(O)(=S)OP(=O)(O)OC1OC2(O)C1C(O)C(O)C2[C@@H](O)CO. The first-order chi connectivity index (χ1) is 19.6. The third-order valence-corrected chi connectivity index (χ3v) is 10.9. The van der Waals surface area contributed by atoms with Gasteiger partial charge in [-0.25, -0.2) is 23.8 Å². The Balaban J connectivity index is 1.21. The van der Waals surface area contributed by atoms with E-state index in [2.05, 4.69) is 19.3 Å². The van der Waals surface area contributed by atoms with Crippen molar-refractivity contribution in [2.75, 3.05) is 26.1 Å². The van der Waals surface area contributed by atoms with Gasteiger partial charge in [0.1, 0.15) is 24.1 Å². The summed E-state index contributed by atoms with van der Waals surface area (Å²) in [5.74, 6) is -5.36. The van der Waals surface area contributed by atoms with Gasteiger partial charge < -0.3 is 65.5 Å². The fourth-order valence-electron chi connectivity index (χ4n) is 5.52. The molecule has 236 valence electrons. The highest BCUT2D eigenvalue weighted by molar-refractivity contribution is 8.08. The number of nitrogen functional groups attached to an aromatic ring is 1. The number of imidazole rings is 1. The van der Waals surface area contributed by atoms with Crippen molar-refractivity contribution in [3.63, 3.8) is 0 Å². The Morgan fingerprint density at radius 1 is 1.26 bits per heavy atom. The summed E-state index contributed by atoms with van der Waals surface area (Å²) in [5.41, 5.74) is 12.8. The number of nitrogens with two attached hydrogens (primary N) is 2. The smallest absolute Gasteiger partial charge is 0.394 e. The first-order valence-corrected chi connectivity index (χ1v) is 16.3. The Labute approximate surface area is 241 Å². The van der Waals surface area contributed by atoms with E-state index in [9.17, 15) is 39.9 Å². The summed E-state index contributed by atoms with van der Waals surface area (Å²) in [7, 11) is -3.94. The Morgan fingerprint density at radius 2 is 1.98 bits per heavy atom. The van der Waals surface area contributed by atoms with Crippen LogP contribution < -0.4 is 11.5 Å². The van der Waals surface area contributed by atoms with E-state index in [4.69, 9.17) is 46.5 Å². The molecule has 2 aliphatic heterocycles. The molecule has 23 heteroatoms. The molecule has 0 bridgehead atoms. The number of aromatic nitrogens is 4. The predicted octanol–water partition coefficient (Wildman–Crippen LogP) is -3.62. The maximum atomic E-state index is 12.6. The van der Waals surface area contributed by atoms with Crippen molar-refractivity contribution in [1.82, 2.24) is 19.5 Å². The van der Waals surface area contributed by atoms with E-state index in [0.29, 0.717) is 11.2 Å². The summed E-state index contributed by atoms with van der Waals surface area (Å²) < 4.78 is 45.3. The lowest BCUT2D eigenvalue weighted by atomic mass is 9.86. The van der Waals surface area contributed by atoms with Crippen molar-refractivity contribution in [3.05, 3.63) is 12.7 Å². The molecule has 2 saturated heterocycles. The Bertz CT molecular complexity index is 1410. The van der Waals surface area contributed by atoms with Crippen LogP contribution in [0, 0.1) is 11.8 Å². The molecule has 0 radical (unpaired) electrons. The predicted molar refractivity (Wildman–Crippen MR) is 139 cm³/mol. The van der Waals surface area contributed by atoms with Crippen molar-refractivity contribution >= 4 is 43.3 Å². The number of hydrogen-bond donors (Lipinski definition) is 9. The zero-order chi connectivity index (χ0) is 30.8. The molecule has 3 fully saturated rings. The Hall–Kier alpha value is -1.33. The number of methoxy groups -OCH3 is 1. The monoisotopic (exact) mass is 660 g/mol. The van der Waals surface area contributed by atoms with Gasteiger partial charge in [0, 0.05) is 7.11 Å². The molecule has 2 aromatic heterocycles. The number of ether oxygens (including phenoxy) is 3. The van der Waals surface area contributed by atoms with Crippen LogP contribution >= 0.6 is 14.5 Å². The number of nitrogens with zero attached hydrogens (tertiary/aromatic N) is 4. The molecular formula is C19H30N6O14P2S. The standard InChI is InChI=1S/C19H30N6O14P2S/c1-34-14-7(36-17(10(14)20)25-5-24-11-15(21)22-4-23-16(11)25)3-35-41(33,42)39-40(31,32)38-18-9-13(29)12(28)8(6(27)2-26)19(9,30)37-18/h4-10,12-14,17-18,26-30H,2-3,20H2,1H3,(H,31,32)(H,33,42)(H2,21,22,23)/t6-,7+,8?,9?,10+,12?,13?,14+,17+,18?,19?,41?/m0/s1. The molecule has 20 nitrogen and oxygen atoms in total. The maximum Gasteiger partial charge on any atom is 0.481 e. The van der Waals surface area contributed by atoms with Crippen LogP contribution in [0.2, 0.25) is 0 Å². The van der Waals surface area contributed by atoms with Gasteiger partial charge in [0.15, 0.2) is 29.8 Å². The summed E-state index contributed by atoms with van der Waals surface area (Å²) in [6.07, 6.45) is -7.14. The van der Waals surface area contributed by atoms with Crippen LogP contribution in [0.4, 0.5) is 5.82 Å². The topological polar surface area (TPSA) is 310 Å². The molecule has 2 aromatic rings. The highest BCUT2D eigenvalue weighted by Crippen LogP contribution is 2.64. The fourth-order valence-corrected chi connectivity index (χ4v) is 8.62. The number of anilines is 1. The fraction of sp³-hybridized carbons (Fsp3) is 0.737. The molecule has 1 aliphatic carbocycles. The quantitative estimate of drug-likeness (QED) is 0.105. The van der Waals surface area contributed by atoms with E-state index < -0.39 is 94.5 Å². The second-order valence-corrected chi connectivity index (χ2v) is 14.2. The van der Waals surface area contributed by atoms with Crippen molar-refractivity contribution in [2.24, 2.45) is 17.6 Å². The molecular weight excluding hydrogens is 630 g/mol. The number of phosphoric acid groups is 1. The van der Waals surface area contributed by atoms with Crippen molar-refractivity contribution in [1.29, 1.82) is 0 Å². The van der Waals surface area contributed by atoms with Crippen LogP contribution in [0.25, 0.3) is 11.2 Å². The van der Waals surface area contributed by atoms with Gasteiger partial charge in [0.2, 0.25) is 0 Å². The van der Waals surface area contributed by atoms with Gasteiger partial charge in [-0.1, -0.05) is 0 Å². The average molecular weight is 660 g/mol. The lowest BCUT2D eigenvalue weighted by Crippen LogP contribution is -2.64. The number of fused-ring (bicyclic) bond motifs is 2. The molecule has 8 unspecified atom stereocenters. The molecule has 0 amide bonds. The zero-order valence-corrected chi connectivity index (χ0v) is 24.2. The second kappa shape index (κ2) is 11.5. The largest absolute Gasteiger partial charge is 0.481 e. The summed E-state index contributed by atoms with van der Waals surface area (Å²) in [4.78, 5) is 32.9. The normalized spacial score (nSPS) is 39.9. The second-order valence-electron chi connectivity index (χ2n) is 9.87. The minimum absolute atomic E-state index is 0.139. The minimum Gasteiger partial charge on any atom is -0.394 e. The van der Waals surface area contributed by atoms with Gasteiger partial charge in [-0.2, -0.15) is 0 Å². The molecule has 42 heavy (non-hydrogen) atoms. The summed E-state index contributed by atoms with van der Waals surface area (Å²) in [6, 6.07) is -0.808. The minimum atomic E-state index is -5.30. The molecule has 11 N–H and O–H groups in total. The first kappa shape index (κ1) is 32.1. The Kier molecular flexibility index (Phi) is 8.82. The zero-order valence-electron chi connectivity index (χ0n) is 21.6. The van der Waals surface area contributed by atoms with Gasteiger partial charge in [-0.3, -0.25) is 9.09 Å². The van der Waals surface area contributed by atoms with Crippen LogP contribution in [0.15, 0.2) is 12.7 Å². The summed E-state index contributed by atoms with van der Waals surface area (Å²) >= 11 is 4.85. The number of hydrogen-bond acceptors (Lipinski definition) is 18. The molecule has 0 aromatic carbocycles. The van der Waals surface area contributed by atoms with Crippen LogP contribution in [0.1, 0.15) is 6.23 Å². The van der Waals surface area contributed by atoms with Crippen LogP contribution in [-0.4, -0.2) is 124 Å². The van der Waals surface area contributed by atoms with Crippen molar-refractivity contribution in [3.8, 4) is 0 Å². The van der Waals surface area contributed by atoms with Crippen LogP contribution in [-0.2, 0) is 43.9 Å². The summed E-state index contributed by atoms with van der Waals surface area (Å²) in [6.45, 7) is -5.94. The lowest BCUT2D eigenvalue weighted by molar-refractivity contribution is -0.427.